The van der Waals surface area contributed by atoms with Gasteiger partial charge in [0.05, 0.1) is 7.11 Å². The van der Waals surface area contributed by atoms with E-state index in [-0.39, 0.29) is 12.5 Å². The van der Waals surface area contributed by atoms with Crippen LogP contribution in [0.4, 0.5) is 5.69 Å². The molecule has 0 saturated heterocycles. The lowest BCUT2D eigenvalue weighted by Gasteiger charge is -2.15. The average molecular weight is 443 g/mol. The predicted molar refractivity (Wildman–Crippen MR) is 120 cm³/mol. The van der Waals surface area contributed by atoms with E-state index in [1.807, 2.05) is 56.4 Å². The van der Waals surface area contributed by atoms with Crippen LogP contribution in [0.3, 0.4) is 0 Å². The third kappa shape index (κ3) is 6.69. The third-order valence-corrected chi connectivity index (χ3v) is 5.38. The van der Waals surface area contributed by atoms with Crippen LogP contribution in [0, 0.1) is 6.92 Å². The summed E-state index contributed by atoms with van der Waals surface area (Å²) in [5.74, 6) is 1.72. The lowest BCUT2D eigenvalue weighted by Crippen LogP contribution is -2.22. The van der Waals surface area contributed by atoms with Crippen LogP contribution in [0.1, 0.15) is 11.1 Å². The molecule has 1 aromatic heterocycles. The lowest BCUT2D eigenvalue weighted by atomic mass is 10.2. The molecule has 9 nitrogen and oxygen atoms in total. The van der Waals surface area contributed by atoms with E-state index in [0.717, 1.165) is 34.3 Å². The van der Waals surface area contributed by atoms with Gasteiger partial charge in [-0.05, 0) is 35.5 Å². The van der Waals surface area contributed by atoms with Crippen molar-refractivity contribution < 1.29 is 14.3 Å². The summed E-state index contributed by atoms with van der Waals surface area (Å²) in [6.45, 7) is 3.21. The van der Waals surface area contributed by atoms with E-state index in [1.54, 1.807) is 23.6 Å². The minimum atomic E-state index is -0.234. The van der Waals surface area contributed by atoms with E-state index in [9.17, 15) is 4.79 Å². The zero-order valence-corrected chi connectivity index (χ0v) is 18.6. The normalized spacial score (nSPS) is 10.7. The zero-order chi connectivity index (χ0) is 22.1. The molecule has 0 radical (unpaired) electrons. The molecule has 0 aliphatic heterocycles. The number of carbonyl (C=O) groups is 1. The highest BCUT2D eigenvalue weighted by Gasteiger charge is 2.13. The molecule has 2 aromatic carbocycles. The van der Waals surface area contributed by atoms with E-state index in [4.69, 9.17) is 9.47 Å². The van der Waals surface area contributed by atoms with Crippen LogP contribution in [0.15, 0.2) is 47.6 Å². The number of nitrogens with zero attached hydrogens (tertiary/aromatic N) is 4. The second-order valence-electron chi connectivity index (χ2n) is 6.76. The van der Waals surface area contributed by atoms with Crippen molar-refractivity contribution in [1.82, 2.24) is 25.5 Å². The third-order valence-electron chi connectivity index (χ3n) is 4.37. The van der Waals surface area contributed by atoms with Crippen molar-refractivity contribution >= 4 is 23.4 Å². The van der Waals surface area contributed by atoms with E-state index in [1.165, 1.54) is 0 Å². The lowest BCUT2D eigenvalue weighted by molar-refractivity contribution is -0.118. The van der Waals surface area contributed by atoms with E-state index < -0.39 is 0 Å². The maximum Gasteiger partial charge on any atom is 0.262 e. The molecule has 0 aliphatic carbocycles. The fourth-order valence-electron chi connectivity index (χ4n) is 2.78. The number of tetrazole rings is 1. The number of benzene rings is 2. The second kappa shape index (κ2) is 11.3. The number of hydrogen-bond donors (Lipinski definition) is 2. The van der Waals surface area contributed by atoms with Gasteiger partial charge in [0.25, 0.3) is 5.91 Å². The maximum atomic E-state index is 12.3. The van der Waals surface area contributed by atoms with Gasteiger partial charge < -0.3 is 20.1 Å². The highest BCUT2D eigenvalue weighted by Crippen LogP contribution is 2.31. The van der Waals surface area contributed by atoms with Gasteiger partial charge >= 0.3 is 0 Å². The molecular formula is C21H26N6O3S. The Morgan fingerprint density at radius 2 is 2.00 bits per heavy atom. The Morgan fingerprint density at radius 3 is 2.71 bits per heavy atom. The molecule has 10 heteroatoms. The van der Waals surface area contributed by atoms with Gasteiger partial charge in [-0.1, -0.05) is 41.6 Å². The number of nitrogens with one attached hydrogen (secondary N) is 2. The number of aryl methyl sites for hydroxylation is 2. The average Bonchev–Trinajstić information content (AvgIpc) is 3.18. The minimum absolute atomic E-state index is 0.115. The first-order valence-electron chi connectivity index (χ1n) is 9.78. The number of anilines is 1. The van der Waals surface area contributed by atoms with Crippen LogP contribution in [-0.2, 0) is 18.4 Å². The first kappa shape index (κ1) is 22.6. The predicted octanol–water partition coefficient (Wildman–Crippen LogP) is 2.43. The Hall–Kier alpha value is -3.11. The van der Waals surface area contributed by atoms with Crippen LogP contribution >= 0.6 is 11.8 Å². The molecule has 0 fully saturated rings. The van der Waals surface area contributed by atoms with Crippen molar-refractivity contribution in [3.8, 4) is 11.5 Å². The number of ether oxygens (including phenoxy) is 2. The van der Waals surface area contributed by atoms with Crippen molar-refractivity contribution in [2.75, 3.05) is 31.3 Å². The molecule has 1 heterocycles. The van der Waals surface area contributed by atoms with Crippen molar-refractivity contribution in [3.63, 3.8) is 0 Å². The van der Waals surface area contributed by atoms with Crippen LogP contribution < -0.4 is 20.1 Å². The smallest absolute Gasteiger partial charge is 0.262 e. The van der Waals surface area contributed by atoms with Crippen molar-refractivity contribution in [3.05, 3.63) is 53.6 Å². The molecule has 0 atom stereocenters. The van der Waals surface area contributed by atoms with Gasteiger partial charge in [-0.15, -0.1) is 5.10 Å². The van der Waals surface area contributed by atoms with E-state index in [0.29, 0.717) is 18.0 Å². The quantitative estimate of drug-likeness (QED) is 0.345. The molecule has 31 heavy (non-hydrogen) atoms. The van der Waals surface area contributed by atoms with E-state index >= 15 is 0 Å². The summed E-state index contributed by atoms with van der Waals surface area (Å²) >= 11 is 1.57. The van der Waals surface area contributed by atoms with Crippen LogP contribution in [0.2, 0.25) is 0 Å². The Balaban J connectivity index is 1.52. The monoisotopic (exact) mass is 442 g/mol. The number of methoxy groups -OCH3 is 1. The van der Waals surface area contributed by atoms with Gasteiger partial charge in [0.2, 0.25) is 5.16 Å². The molecule has 2 N–H and O–H groups in total. The summed E-state index contributed by atoms with van der Waals surface area (Å²) in [6.07, 6.45) is 0. The number of hydrogen-bond acceptors (Lipinski definition) is 8. The Morgan fingerprint density at radius 1 is 1.19 bits per heavy atom. The number of aromatic nitrogens is 4. The van der Waals surface area contributed by atoms with Gasteiger partial charge in [-0.2, -0.15) is 0 Å². The fourth-order valence-corrected chi connectivity index (χ4v) is 3.52. The standard InChI is InChI=1S/C21H26N6O3S/c1-15-7-9-17(10-8-15)23-19(28)14-30-20-16(5-4-6-18(20)29-3)13-22-11-12-31-21-24-25-26-27(21)2/h4-10,22H,11-14H2,1-3H3,(H,23,28). The van der Waals surface area contributed by atoms with Crippen molar-refractivity contribution in [2.45, 2.75) is 18.6 Å². The molecular weight excluding hydrogens is 416 g/mol. The Kier molecular flexibility index (Phi) is 8.25. The minimum Gasteiger partial charge on any atom is -0.493 e. The number of thioether (sulfide) groups is 1. The maximum absolute atomic E-state index is 12.3. The van der Waals surface area contributed by atoms with Crippen LogP contribution in [0.25, 0.3) is 0 Å². The second-order valence-corrected chi connectivity index (χ2v) is 7.82. The molecule has 3 aromatic rings. The number of carbonyl (C=O) groups excluding carboxylic acids is 1. The van der Waals surface area contributed by atoms with E-state index in [2.05, 4.69) is 26.2 Å². The summed E-state index contributed by atoms with van der Waals surface area (Å²) in [5.41, 5.74) is 2.77. The van der Waals surface area contributed by atoms with Crippen LogP contribution in [0.5, 0.6) is 11.5 Å². The van der Waals surface area contributed by atoms with Gasteiger partial charge in [-0.3, -0.25) is 4.79 Å². The SMILES string of the molecule is COc1cccc(CNCCSc2nnnn2C)c1OCC(=O)Nc1ccc(C)cc1. The summed E-state index contributed by atoms with van der Waals surface area (Å²) in [4.78, 5) is 12.3. The number of para-hydroxylation sites is 1. The fraction of sp³-hybridized carbons (Fsp3) is 0.333. The number of amides is 1. The summed E-state index contributed by atoms with van der Waals surface area (Å²) in [6, 6.07) is 13.3. The topological polar surface area (TPSA) is 103 Å². The highest BCUT2D eigenvalue weighted by atomic mass is 32.2. The molecule has 0 aliphatic rings. The first-order valence-corrected chi connectivity index (χ1v) is 10.8. The summed E-state index contributed by atoms with van der Waals surface area (Å²) < 4.78 is 12.9. The summed E-state index contributed by atoms with van der Waals surface area (Å²) in [7, 11) is 3.39. The molecule has 3 rings (SSSR count). The summed E-state index contributed by atoms with van der Waals surface area (Å²) in [5, 5.41) is 18.4. The molecule has 0 bridgehead atoms. The molecule has 164 valence electrons. The number of rotatable bonds is 11. The van der Waals surface area contributed by atoms with Crippen LogP contribution in [-0.4, -0.2) is 52.1 Å². The van der Waals surface area contributed by atoms with Crippen molar-refractivity contribution in [2.24, 2.45) is 7.05 Å². The molecule has 0 spiro atoms. The largest absolute Gasteiger partial charge is 0.493 e. The Bertz CT molecular complexity index is 993. The Labute approximate surface area is 185 Å². The molecule has 1 amide bonds. The van der Waals surface area contributed by atoms with Gasteiger partial charge in [-0.25, -0.2) is 4.68 Å². The molecule has 0 saturated carbocycles. The van der Waals surface area contributed by atoms with Crippen molar-refractivity contribution in [1.29, 1.82) is 0 Å². The molecule has 0 unspecified atom stereocenters. The highest BCUT2D eigenvalue weighted by molar-refractivity contribution is 7.99. The first-order chi connectivity index (χ1) is 15.1. The van der Waals surface area contributed by atoms with Gasteiger partial charge in [0.15, 0.2) is 18.1 Å². The van der Waals surface area contributed by atoms with Gasteiger partial charge in [0, 0.05) is 37.1 Å². The van der Waals surface area contributed by atoms with Gasteiger partial charge in [0.1, 0.15) is 0 Å². The zero-order valence-electron chi connectivity index (χ0n) is 17.8.